The maximum Gasteiger partial charge on any atom is 0.264 e. The fourth-order valence-electron chi connectivity index (χ4n) is 4.03. The van der Waals surface area contributed by atoms with Gasteiger partial charge in [0.1, 0.15) is 29.5 Å². The summed E-state index contributed by atoms with van der Waals surface area (Å²) < 4.78 is 49.5. The Morgan fingerprint density at radius 1 is 0.778 bits per heavy atom. The highest BCUT2D eigenvalue weighted by atomic mass is 32.2. The SMILES string of the molecule is COc1ccc(NC(=O)COc2ccc(/C=N\NC(=O)CN(c3cc(OC)ccc3OC)S(=O)(=O)c3ccccc3)cc2)cc1. The molecule has 0 radical (unpaired) electrons. The van der Waals surface area contributed by atoms with Crippen LogP contribution in [0.4, 0.5) is 11.4 Å². The molecule has 12 nitrogen and oxygen atoms in total. The number of hydrogen-bond donors (Lipinski definition) is 2. The number of benzene rings is 4. The maximum atomic E-state index is 13.6. The molecule has 0 fully saturated rings. The molecule has 234 valence electrons. The standard InChI is InChI=1S/C32H32N4O8S/c1-41-25-15-11-24(12-16-25)34-32(38)22-44-26-13-9-23(10-14-26)20-33-35-31(37)21-36(45(39,40)28-7-5-4-6-8-28)29-19-27(42-2)17-18-30(29)43-3/h4-20H,21-22H2,1-3H3,(H,34,38)(H,35,37)/b33-20-. The summed E-state index contributed by atoms with van der Waals surface area (Å²) in [7, 11) is 0.225. The number of anilines is 2. The number of amides is 2. The van der Waals surface area contributed by atoms with Crippen LogP contribution in [0.2, 0.25) is 0 Å². The predicted molar refractivity (Wildman–Crippen MR) is 170 cm³/mol. The molecule has 2 amide bonds. The van der Waals surface area contributed by atoms with Gasteiger partial charge in [-0.05, 0) is 78.4 Å². The van der Waals surface area contributed by atoms with Crippen LogP contribution in [0.1, 0.15) is 5.56 Å². The minimum atomic E-state index is -4.18. The Kier molecular flexibility index (Phi) is 11.0. The van der Waals surface area contributed by atoms with E-state index < -0.39 is 22.5 Å². The van der Waals surface area contributed by atoms with Crippen LogP contribution in [-0.4, -0.2) is 60.9 Å². The monoisotopic (exact) mass is 632 g/mol. The molecule has 0 heterocycles. The number of carbonyl (C=O) groups excluding carboxylic acids is 2. The highest BCUT2D eigenvalue weighted by Gasteiger charge is 2.29. The molecule has 0 bridgehead atoms. The van der Waals surface area contributed by atoms with Gasteiger partial charge in [-0.1, -0.05) is 18.2 Å². The summed E-state index contributed by atoms with van der Waals surface area (Å²) in [4.78, 5) is 25.1. The molecule has 0 aliphatic rings. The largest absolute Gasteiger partial charge is 0.497 e. The first-order valence-corrected chi connectivity index (χ1v) is 15.0. The number of hydrazone groups is 1. The van der Waals surface area contributed by atoms with E-state index in [1.54, 1.807) is 86.0 Å². The second-order valence-electron chi connectivity index (χ2n) is 9.29. The van der Waals surface area contributed by atoms with Gasteiger partial charge in [-0.15, -0.1) is 0 Å². The molecule has 0 saturated heterocycles. The van der Waals surface area contributed by atoms with Crippen LogP contribution in [-0.2, 0) is 19.6 Å². The molecule has 0 aromatic heterocycles. The van der Waals surface area contributed by atoms with Gasteiger partial charge in [0.15, 0.2) is 6.61 Å². The first-order chi connectivity index (χ1) is 21.7. The van der Waals surface area contributed by atoms with E-state index in [4.69, 9.17) is 18.9 Å². The van der Waals surface area contributed by atoms with Gasteiger partial charge in [-0.25, -0.2) is 13.8 Å². The summed E-state index contributed by atoms with van der Waals surface area (Å²) in [5, 5.41) is 6.70. The summed E-state index contributed by atoms with van der Waals surface area (Å²) in [5.41, 5.74) is 3.72. The van der Waals surface area contributed by atoms with Crippen molar-refractivity contribution in [2.75, 3.05) is 44.1 Å². The van der Waals surface area contributed by atoms with Crippen molar-refractivity contribution in [2.45, 2.75) is 4.90 Å². The Morgan fingerprint density at radius 2 is 1.42 bits per heavy atom. The van der Waals surface area contributed by atoms with Crippen molar-refractivity contribution in [3.63, 3.8) is 0 Å². The number of rotatable bonds is 14. The van der Waals surface area contributed by atoms with Crippen LogP contribution in [0.15, 0.2) is 107 Å². The lowest BCUT2D eigenvalue weighted by molar-refractivity contribution is -0.119. The van der Waals surface area contributed by atoms with Gasteiger partial charge in [0, 0.05) is 11.8 Å². The van der Waals surface area contributed by atoms with Crippen molar-refractivity contribution in [3.05, 3.63) is 103 Å². The van der Waals surface area contributed by atoms with E-state index in [-0.39, 0.29) is 28.8 Å². The van der Waals surface area contributed by atoms with Gasteiger partial charge in [-0.3, -0.25) is 13.9 Å². The average Bonchev–Trinajstić information content (AvgIpc) is 3.07. The molecule has 0 aliphatic heterocycles. The number of nitrogens with zero attached hydrogens (tertiary/aromatic N) is 2. The molecule has 0 atom stereocenters. The lowest BCUT2D eigenvalue weighted by Gasteiger charge is -2.25. The van der Waals surface area contributed by atoms with E-state index >= 15 is 0 Å². The number of carbonyl (C=O) groups is 2. The van der Waals surface area contributed by atoms with Gasteiger partial charge in [-0.2, -0.15) is 5.10 Å². The molecule has 4 aromatic rings. The molecule has 2 N–H and O–H groups in total. The van der Waals surface area contributed by atoms with Gasteiger partial charge < -0.3 is 24.3 Å². The van der Waals surface area contributed by atoms with Crippen molar-refractivity contribution < 1.29 is 37.0 Å². The Bertz CT molecular complexity index is 1730. The Hall–Kier alpha value is -5.56. The third-order valence-electron chi connectivity index (χ3n) is 6.30. The second-order valence-corrected chi connectivity index (χ2v) is 11.2. The smallest absolute Gasteiger partial charge is 0.264 e. The summed E-state index contributed by atoms with van der Waals surface area (Å²) >= 11 is 0. The molecule has 0 aliphatic carbocycles. The minimum Gasteiger partial charge on any atom is -0.497 e. The van der Waals surface area contributed by atoms with Crippen LogP contribution < -0.4 is 34.0 Å². The fraction of sp³-hybridized carbons (Fsp3) is 0.156. The quantitative estimate of drug-likeness (QED) is 0.156. The van der Waals surface area contributed by atoms with Gasteiger partial charge >= 0.3 is 0 Å². The number of methoxy groups -OCH3 is 3. The molecule has 45 heavy (non-hydrogen) atoms. The molecule has 4 rings (SSSR count). The molecule has 4 aromatic carbocycles. The topological polar surface area (TPSA) is 145 Å². The van der Waals surface area contributed by atoms with Crippen LogP contribution in [0.25, 0.3) is 0 Å². The molecule has 0 unspecified atom stereocenters. The Balaban J connectivity index is 1.38. The van der Waals surface area contributed by atoms with Crippen molar-refractivity contribution >= 4 is 39.4 Å². The minimum absolute atomic E-state index is 0.00769. The maximum absolute atomic E-state index is 13.6. The average molecular weight is 633 g/mol. The number of hydrogen-bond acceptors (Lipinski definition) is 9. The van der Waals surface area contributed by atoms with Crippen LogP contribution in [0.5, 0.6) is 23.0 Å². The zero-order chi connectivity index (χ0) is 32.2. The van der Waals surface area contributed by atoms with E-state index in [2.05, 4.69) is 15.8 Å². The Morgan fingerprint density at radius 3 is 2.07 bits per heavy atom. The highest BCUT2D eigenvalue weighted by Crippen LogP contribution is 2.35. The first kappa shape index (κ1) is 32.4. The zero-order valence-electron chi connectivity index (χ0n) is 24.8. The third kappa shape index (κ3) is 8.74. The van der Waals surface area contributed by atoms with Crippen molar-refractivity contribution in [1.29, 1.82) is 0 Å². The van der Waals surface area contributed by atoms with E-state index in [1.165, 1.54) is 38.6 Å². The molecule has 0 spiro atoms. The third-order valence-corrected chi connectivity index (χ3v) is 8.07. The highest BCUT2D eigenvalue weighted by molar-refractivity contribution is 7.92. The van der Waals surface area contributed by atoms with Crippen molar-refractivity contribution in [1.82, 2.24) is 5.43 Å². The van der Waals surface area contributed by atoms with Gasteiger partial charge in [0.05, 0.1) is 38.1 Å². The predicted octanol–water partition coefficient (Wildman–Crippen LogP) is 4.08. The fourth-order valence-corrected chi connectivity index (χ4v) is 5.47. The zero-order valence-corrected chi connectivity index (χ0v) is 25.6. The van der Waals surface area contributed by atoms with Crippen molar-refractivity contribution in [2.24, 2.45) is 5.10 Å². The van der Waals surface area contributed by atoms with E-state index in [0.29, 0.717) is 28.5 Å². The van der Waals surface area contributed by atoms with Gasteiger partial charge in [0.2, 0.25) is 0 Å². The van der Waals surface area contributed by atoms with Crippen LogP contribution >= 0.6 is 0 Å². The lowest BCUT2D eigenvalue weighted by atomic mass is 10.2. The normalized spacial score (nSPS) is 11.0. The summed E-state index contributed by atoms with van der Waals surface area (Å²) in [5.74, 6) is 0.714. The molecular weight excluding hydrogens is 600 g/mol. The van der Waals surface area contributed by atoms with E-state index in [0.717, 1.165) is 4.31 Å². The Labute approximate surface area is 261 Å². The molecular formula is C32H32N4O8S. The van der Waals surface area contributed by atoms with E-state index in [1.807, 2.05) is 0 Å². The lowest BCUT2D eigenvalue weighted by Crippen LogP contribution is -2.39. The number of sulfonamides is 1. The first-order valence-electron chi connectivity index (χ1n) is 13.5. The van der Waals surface area contributed by atoms with Crippen molar-refractivity contribution in [3.8, 4) is 23.0 Å². The summed E-state index contributed by atoms with van der Waals surface area (Å²) in [6, 6.07) is 26.0. The van der Waals surface area contributed by atoms with Crippen LogP contribution in [0, 0.1) is 0 Å². The van der Waals surface area contributed by atoms with E-state index in [9.17, 15) is 18.0 Å². The number of nitrogens with one attached hydrogen (secondary N) is 2. The summed E-state index contributed by atoms with van der Waals surface area (Å²) in [6.45, 7) is -0.792. The number of ether oxygens (including phenoxy) is 4. The summed E-state index contributed by atoms with van der Waals surface area (Å²) in [6.07, 6.45) is 1.39. The second kappa shape index (κ2) is 15.3. The molecule has 0 saturated carbocycles. The van der Waals surface area contributed by atoms with Crippen LogP contribution in [0.3, 0.4) is 0 Å². The van der Waals surface area contributed by atoms with Gasteiger partial charge in [0.25, 0.3) is 21.8 Å². The molecule has 13 heteroatoms.